The van der Waals surface area contributed by atoms with Crippen LogP contribution in [0.15, 0.2) is 91.0 Å². The number of fused-ring (bicyclic) bond motifs is 3. The van der Waals surface area contributed by atoms with E-state index in [1.165, 1.54) is 23.6 Å². The first-order valence-corrected chi connectivity index (χ1v) is 11.2. The molecule has 5 heteroatoms. The molecular formula is C29H24N2O3. The molecule has 0 aliphatic rings. The molecule has 0 spiro atoms. The van der Waals surface area contributed by atoms with Crippen molar-refractivity contribution < 1.29 is 14.3 Å². The summed E-state index contributed by atoms with van der Waals surface area (Å²) in [7, 11) is 0. The molecule has 0 radical (unpaired) electrons. The van der Waals surface area contributed by atoms with E-state index in [2.05, 4.69) is 34.9 Å². The monoisotopic (exact) mass is 448 g/mol. The van der Waals surface area contributed by atoms with Gasteiger partial charge >= 0.3 is 5.97 Å². The number of nitrogens with zero attached hydrogens (tertiary/aromatic N) is 1. The minimum atomic E-state index is -0.522. The summed E-state index contributed by atoms with van der Waals surface area (Å²) in [6, 6.07) is 29.8. The summed E-state index contributed by atoms with van der Waals surface area (Å²) < 4.78 is 7.69. The van der Waals surface area contributed by atoms with E-state index >= 15 is 0 Å². The molecular weight excluding hydrogens is 424 g/mol. The molecule has 0 unspecified atom stereocenters. The predicted octanol–water partition coefficient (Wildman–Crippen LogP) is 5.46. The van der Waals surface area contributed by atoms with Crippen molar-refractivity contribution in [3.05, 3.63) is 113 Å². The lowest BCUT2D eigenvalue weighted by molar-refractivity contribution is -0.131. The summed E-state index contributed by atoms with van der Waals surface area (Å²) in [5, 5.41) is 1.41. The maximum absolute atomic E-state index is 12.3. The van der Waals surface area contributed by atoms with Gasteiger partial charge in [0.25, 0.3) is 0 Å². The molecule has 5 rings (SSSR count). The zero-order valence-corrected chi connectivity index (χ0v) is 18.8. The van der Waals surface area contributed by atoms with E-state index in [1.54, 1.807) is 12.1 Å². The van der Waals surface area contributed by atoms with E-state index in [9.17, 15) is 9.59 Å². The maximum atomic E-state index is 12.3. The van der Waals surface area contributed by atoms with Crippen molar-refractivity contribution in [1.29, 1.82) is 0 Å². The Morgan fingerprint density at radius 1 is 0.765 bits per heavy atom. The van der Waals surface area contributed by atoms with Crippen molar-refractivity contribution in [3.8, 4) is 5.75 Å². The summed E-state index contributed by atoms with van der Waals surface area (Å²) in [6.07, 6.45) is 0.819. The van der Waals surface area contributed by atoms with Gasteiger partial charge in [-0.1, -0.05) is 66.7 Å². The van der Waals surface area contributed by atoms with Crippen LogP contribution in [0.25, 0.3) is 21.8 Å². The number of nitrogens with two attached hydrogens (primary N) is 1. The van der Waals surface area contributed by atoms with Crippen molar-refractivity contribution in [3.63, 3.8) is 0 Å². The van der Waals surface area contributed by atoms with Gasteiger partial charge in [-0.3, -0.25) is 9.59 Å². The van der Waals surface area contributed by atoms with Crippen molar-refractivity contribution >= 4 is 33.7 Å². The van der Waals surface area contributed by atoms with Gasteiger partial charge in [-0.25, -0.2) is 0 Å². The Morgan fingerprint density at radius 2 is 1.41 bits per heavy atom. The smallest absolute Gasteiger partial charge is 0.308 e. The van der Waals surface area contributed by atoms with E-state index in [1.807, 2.05) is 48.5 Å². The Balaban J connectivity index is 1.72. The fraction of sp³-hybridized carbons (Fsp3) is 0.103. The van der Waals surface area contributed by atoms with Crippen molar-refractivity contribution in [2.75, 3.05) is 0 Å². The highest BCUT2D eigenvalue weighted by Gasteiger charge is 2.20. The van der Waals surface area contributed by atoms with Crippen LogP contribution in [0.2, 0.25) is 0 Å². The number of carbonyl (C=O) groups excluding carboxylic acids is 2. The van der Waals surface area contributed by atoms with E-state index in [0.29, 0.717) is 28.6 Å². The van der Waals surface area contributed by atoms with E-state index < -0.39 is 11.9 Å². The van der Waals surface area contributed by atoms with Crippen molar-refractivity contribution in [1.82, 2.24) is 4.57 Å². The zero-order chi connectivity index (χ0) is 23.7. The molecule has 1 heterocycles. The summed E-state index contributed by atoms with van der Waals surface area (Å²) in [5.74, 6) is -0.523. The highest BCUT2D eigenvalue weighted by Crippen LogP contribution is 2.38. The SMILES string of the molecule is CC(=O)Oc1cccc2c1c1c(C(N)=O)cccc1n2Cc1ccccc1Cc1ccccc1. The molecule has 0 saturated heterocycles. The van der Waals surface area contributed by atoms with E-state index in [4.69, 9.17) is 10.5 Å². The molecule has 0 saturated carbocycles. The molecule has 0 fully saturated rings. The second-order valence-corrected chi connectivity index (χ2v) is 8.33. The second kappa shape index (κ2) is 8.87. The summed E-state index contributed by atoms with van der Waals surface area (Å²) >= 11 is 0. The van der Waals surface area contributed by atoms with Gasteiger partial charge < -0.3 is 15.0 Å². The number of rotatable bonds is 6. The minimum absolute atomic E-state index is 0.401. The molecule has 34 heavy (non-hydrogen) atoms. The Morgan fingerprint density at radius 3 is 2.12 bits per heavy atom. The van der Waals surface area contributed by atoms with Crippen LogP contribution in [0.5, 0.6) is 5.75 Å². The lowest BCUT2D eigenvalue weighted by Crippen LogP contribution is -2.11. The number of hydrogen-bond acceptors (Lipinski definition) is 3. The van der Waals surface area contributed by atoms with Crippen molar-refractivity contribution in [2.45, 2.75) is 19.9 Å². The first-order chi connectivity index (χ1) is 16.5. The van der Waals surface area contributed by atoms with Crippen LogP contribution in [0.3, 0.4) is 0 Å². The predicted molar refractivity (Wildman–Crippen MR) is 134 cm³/mol. The highest BCUT2D eigenvalue weighted by atomic mass is 16.5. The number of primary amides is 1. The van der Waals surface area contributed by atoms with Crippen LogP contribution in [0, 0.1) is 0 Å². The molecule has 168 valence electrons. The number of ether oxygens (including phenoxy) is 1. The number of aromatic nitrogens is 1. The Kier molecular flexibility index (Phi) is 5.60. The number of carbonyl (C=O) groups is 2. The Bertz CT molecular complexity index is 1530. The topological polar surface area (TPSA) is 74.3 Å². The number of amides is 1. The van der Waals surface area contributed by atoms with Gasteiger partial charge in [-0.05, 0) is 47.4 Å². The molecule has 1 aromatic heterocycles. The molecule has 0 atom stereocenters. The molecule has 2 N–H and O–H groups in total. The molecule has 0 aliphatic heterocycles. The van der Waals surface area contributed by atoms with Gasteiger partial charge in [-0.2, -0.15) is 0 Å². The Hall–Kier alpha value is -4.38. The lowest BCUT2D eigenvalue weighted by Gasteiger charge is -2.13. The molecule has 0 bridgehead atoms. The van der Waals surface area contributed by atoms with Gasteiger partial charge in [0.1, 0.15) is 5.75 Å². The molecule has 1 amide bonds. The van der Waals surface area contributed by atoms with Crippen LogP contribution in [0.1, 0.15) is 34.0 Å². The number of esters is 1. The second-order valence-electron chi connectivity index (χ2n) is 8.33. The van der Waals surface area contributed by atoms with Crippen LogP contribution in [-0.4, -0.2) is 16.4 Å². The fourth-order valence-corrected chi connectivity index (χ4v) is 4.64. The average Bonchev–Trinajstić information content (AvgIpc) is 3.15. The van der Waals surface area contributed by atoms with Crippen LogP contribution in [-0.2, 0) is 17.8 Å². The minimum Gasteiger partial charge on any atom is -0.426 e. The standard InChI is InChI=1S/C29H24N2O3/c1-19(32)34-26-16-8-15-25-28(26)27-23(29(30)33)13-7-14-24(27)31(25)18-22-12-6-5-11-21(22)17-20-9-3-2-4-10-20/h2-16H,17-18H2,1H3,(H2,30,33). The highest BCUT2D eigenvalue weighted by molar-refractivity contribution is 6.20. The lowest BCUT2D eigenvalue weighted by atomic mass is 9.99. The molecule has 5 nitrogen and oxygen atoms in total. The summed E-state index contributed by atoms with van der Waals surface area (Å²) in [6.45, 7) is 1.96. The quantitative estimate of drug-likeness (QED) is 0.277. The van der Waals surface area contributed by atoms with Crippen LogP contribution in [0.4, 0.5) is 0 Å². The van der Waals surface area contributed by atoms with Crippen molar-refractivity contribution in [2.24, 2.45) is 5.73 Å². The van der Waals surface area contributed by atoms with Crippen LogP contribution < -0.4 is 10.5 Å². The molecule has 4 aromatic carbocycles. The van der Waals surface area contributed by atoms with E-state index in [-0.39, 0.29) is 0 Å². The van der Waals surface area contributed by atoms with E-state index in [0.717, 1.165) is 17.5 Å². The van der Waals surface area contributed by atoms with Gasteiger partial charge in [0.2, 0.25) is 5.91 Å². The first-order valence-electron chi connectivity index (χ1n) is 11.2. The third-order valence-electron chi connectivity index (χ3n) is 6.08. The molecule has 5 aromatic rings. The average molecular weight is 449 g/mol. The summed E-state index contributed by atoms with van der Waals surface area (Å²) in [4.78, 5) is 24.1. The van der Waals surface area contributed by atoms with Gasteiger partial charge in [0.15, 0.2) is 0 Å². The normalized spacial score (nSPS) is 11.1. The third kappa shape index (κ3) is 3.92. The van der Waals surface area contributed by atoms with Gasteiger partial charge in [0, 0.05) is 24.4 Å². The number of benzene rings is 4. The van der Waals surface area contributed by atoms with Gasteiger partial charge in [-0.15, -0.1) is 0 Å². The summed E-state index contributed by atoms with van der Waals surface area (Å²) in [5.41, 5.74) is 11.5. The first kappa shape index (κ1) is 21.5. The Labute approximate surface area is 197 Å². The fourth-order valence-electron chi connectivity index (χ4n) is 4.64. The zero-order valence-electron chi connectivity index (χ0n) is 18.8. The molecule has 0 aliphatic carbocycles. The maximum Gasteiger partial charge on any atom is 0.308 e. The third-order valence-corrected chi connectivity index (χ3v) is 6.08. The van der Waals surface area contributed by atoms with Gasteiger partial charge in [0.05, 0.1) is 16.4 Å². The van der Waals surface area contributed by atoms with Crippen LogP contribution >= 0.6 is 0 Å². The largest absolute Gasteiger partial charge is 0.426 e. The number of hydrogen-bond donors (Lipinski definition) is 1.